The minimum absolute atomic E-state index is 0.146. The molecule has 3 amide bonds. The number of amides is 3. The lowest BCUT2D eigenvalue weighted by atomic mass is 9.95. The molecule has 2 N–H and O–H groups in total. The Labute approximate surface area is 188 Å². The smallest absolute Gasteiger partial charge is 0.410 e. The van der Waals surface area contributed by atoms with Crippen molar-refractivity contribution in [1.82, 2.24) is 4.90 Å². The van der Waals surface area contributed by atoms with Gasteiger partial charge in [0.1, 0.15) is 11.6 Å². The van der Waals surface area contributed by atoms with Crippen LogP contribution in [0.2, 0.25) is 0 Å². The van der Waals surface area contributed by atoms with Crippen molar-refractivity contribution in [2.45, 2.75) is 51.7 Å². The van der Waals surface area contributed by atoms with E-state index in [0.717, 1.165) is 23.1 Å². The van der Waals surface area contributed by atoms with Gasteiger partial charge < -0.3 is 15.4 Å². The number of carbonyl (C=O) groups excluding carboxylic acids is 3. The van der Waals surface area contributed by atoms with Gasteiger partial charge in [0.25, 0.3) is 0 Å². The number of hydrogen-bond acceptors (Lipinski definition) is 4. The van der Waals surface area contributed by atoms with Crippen LogP contribution in [0.1, 0.15) is 49.5 Å². The number of likely N-dealkylation sites (tertiary alicyclic amines) is 1. The number of anilines is 1. The second kappa shape index (κ2) is 8.30. The van der Waals surface area contributed by atoms with Crippen LogP contribution in [-0.2, 0) is 16.0 Å². The van der Waals surface area contributed by atoms with Gasteiger partial charge in [-0.2, -0.15) is 0 Å². The highest BCUT2D eigenvalue weighted by Gasteiger charge is 2.41. The van der Waals surface area contributed by atoms with Crippen molar-refractivity contribution >= 4 is 23.6 Å². The van der Waals surface area contributed by atoms with Gasteiger partial charge in [-0.1, -0.05) is 30.3 Å². The fourth-order valence-corrected chi connectivity index (χ4v) is 4.49. The number of rotatable bonds is 3. The van der Waals surface area contributed by atoms with Crippen molar-refractivity contribution in [2.75, 3.05) is 18.0 Å². The van der Waals surface area contributed by atoms with Crippen LogP contribution in [0.3, 0.4) is 0 Å². The molecule has 2 aliphatic heterocycles. The van der Waals surface area contributed by atoms with Gasteiger partial charge in [-0.25, -0.2) is 4.79 Å². The van der Waals surface area contributed by atoms with Crippen molar-refractivity contribution in [3.63, 3.8) is 0 Å². The van der Waals surface area contributed by atoms with Gasteiger partial charge in [0.05, 0.1) is 0 Å². The molecule has 2 heterocycles. The molecule has 7 nitrogen and oxygen atoms in total. The molecule has 1 fully saturated rings. The number of nitrogens with two attached hydrogens (primary N) is 1. The monoisotopic (exact) mass is 435 g/mol. The van der Waals surface area contributed by atoms with Crippen LogP contribution in [0.25, 0.3) is 11.1 Å². The summed E-state index contributed by atoms with van der Waals surface area (Å²) in [5, 5.41) is 0. The zero-order valence-corrected chi connectivity index (χ0v) is 18.8. The van der Waals surface area contributed by atoms with E-state index in [1.807, 2.05) is 51.1 Å². The van der Waals surface area contributed by atoms with Crippen LogP contribution >= 0.6 is 0 Å². The first kappa shape index (κ1) is 21.9. The highest BCUT2D eigenvalue weighted by molar-refractivity contribution is 6.04. The highest BCUT2D eigenvalue weighted by atomic mass is 16.6. The molecule has 0 aliphatic carbocycles. The molecular formula is C25H29N3O4. The molecule has 0 unspecified atom stereocenters. The van der Waals surface area contributed by atoms with E-state index in [1.165, 1.54) is 4.90 Å². The normalized spacial score (nSPS) is 17.9. The molecule has 7 heteroatoms. The Hall–Kier alpha value is -3.35. The lowest BCUT2D eigenvalue weighted by Gasteiger charge is -2.30. The number of carbonyl (C=O) groups is 3. The third-order valence-electron chi connectivity index (χ3n) is 5.90. The highest BCUT2D eigenvalue weighted by Crippen LogP contribution is 2.39. The van der Waals surface area contributed by atoms with Crippen LogP contribution in [-0.4, -0.2) is 47.5 Å². The van der Waals surface area contributed by atoms with E-state index in [1.54, 1.807) is 17.0 Å². The molecule has 2 aliphatic rings. The van der Waals surface area contributed by atoms with Crippen LogP contribution < -0.4 is 10.6 Å². The van der Waals surface area contributed by atoms with E-state index in [-0.39, 0.29) is 5.91 Å². The van der Waals surface area contributed by atoms with Gasteiger partial charge in [-0.3, -0.25) is 14.5 Å². The molecule has 0 radical (unpaired) electrons. The minimum atomic E-state index is -0.630. The van der Waals surface area contributed by atoms with Gasteiger partial charge >= 0.3 is 6.09 Å². The number of benzene rings is 2. The van der Waals surface area contributed by atoms with Gasteiger partial charge in [0.2, 0.25) is 11.8 Å². The molecule has 0 spiro atoms. The van der Waals surface area contributed by atoms with Crippen LogP contribution in [0.15, 0.2) is 42.5 Å². The number of fused-ring (bicyclic) bond motifs is 1. The topological polar surface area (TPSA) is 92.9 Å². The summed E-state index contributed by atoms with van der Waals surface area (Å²) in [5.41, 5.74) is 8.92. The molecule has 32 heavy (non-hydrogen) atoms. The standard InChI is InChI=1S/C25H29N3O4/c1-25(2,3)32-24(31)28-12-7-10-20(28)23(30)27-13-11-18-19(16-8-5-4-6-9-16)14-17(22(26)29)15-21(18)27/h4-6,8-9,14-15,20H,7,10-13H2,1-3H3,(H2,26,29)/t20-/m0/s1. The van der Waals surface area contributed by atoms with Gasteiger partial charge in [0.15, 0.2) is 0 Å². The lowest BCUT2D eigenvalue weighted by Crippen LogP contribution is -2.48. The number of ether oxygens (including phenoxy) is 1. The Morgan fingerprint density at radius 2 is 1.78 bits per heavy atom. The first-order valence-corrected chi connectivity index (χ1v) is 11.0. The third kappa shape index (κ3) is 4.20. The summed E-state index contributed by atoms with van der Waals surface area (Å²) in [6.07, 6.45) is 1.53. The van der Waals surface area contributed by atoms with E-state index in [0.29, 0.717) is 37.2 Å². The van der Waals surface area contributed by atoms with E-state index < -0.39 is 23.6 Å². The predicted octanol–water partition coefficient (Wildman–Crippen LogP) is 3.74. The Bertz CT molecular complexity index is 1060. The Balaban J connectivity index is 1.68. The average Bonchev–Trinajstić information content (AvgIpc) is 3.39. The maximum atomic E-state index is 13.6. The molecule has 0 saturated carbocycles. The second-order valence-corrected chi connectivity index (χ2v) is 9.32. The summed E-state index contributed by atoms with van der Waals surface area (Å²) >= 11 is 0. The first-order valence-electron chi connectivity index (χ1n) is 11.0. The van der Waals surface area contributed by atoms with Crippen molar-refractivity contribution in [3.8, 4) is 11.1 Å². The molecular weight excluding hydrogens is 406 g/mol. The SMILES string of the molecule is CC(C)(C)OC(=O)N1CCC[C@H]1C(=O)N1CCc2c(-c3ccccc3)cc(C(N)=O)cc21. The van der Waals surface area contributed by atoms with E-state index in [9.17, 15) is 14.4 Å². The summed E-state index contributed by atoms with van der Waals surface area (Å²) in [6.45, 7) is 6.42. The summed E-state index contributed by atoms with van der Waals surface area (Å²) in [6, 6.07) is 12.7. The average molecular weight is 436 g/mol. The maximum absolute atomic E-state index is 13.6. The summed E-state index contributed by atoms with van der Waals surface area (Å²) < 4.78 is 5.52. The number of primary amides is 1. The summed E-state index contributed by atoms with van der Waals surface area (Å²) in [5.74, 6) is -0.687. The quantitative estimate of drug-likeness (QED) is 0.795. The Morgan fingerprint density at radius 3 is 2.44 bits per heavy atom. The zero-order valence-electron chi connectivity index (χ0n) is 18.8. The molecule has 0 bridgehead atoms. The third-order valence-corrected chi connectivity index (χ3v) is 5.90. The van der Waals surface area contributed by atoms with Crippen molar-refractivity contribution < 1.29 is 19.1 Å². The number of hydrogen-bond donors (Lipinski definition) is 1. The molecule has 1 atom stereocenters. The Morgan fingerprint density at radius 1 is 1.06 bits per heavy atom. The van der Waals surface area contributed by atoms with Crippen LogP contribution in [0, 0.1) is 0 Å². The second-order valence-electron chi connectivity index (χ2n) is 9.32. The van der Waals surface area contributed by atoms with E-state index >= 15 is 0 Å². The van der Waals surface area contributed by atoms with E-state index in [2.05, 4.69) is 0 Å². The fraction of sp³-hybridized carbons (Fsp3) is 0.400. The molecule has 4 rings (SSSR count). The molecule has 1 saturated heterocycles. The largest absolute Gasteiger partial charge is 0.444 e. The van der Waals surface area contributed by atoms with Crippen molar-refractivity contribution in [2.24, 2.45) is 5.73 Å². The van der Waals surface area contributed by atoms with Gasteiger partial charge in [0, 0.05) is 24.3 Å². The number of nitrogens with zero attached hydrogens (tertiary/aromatic N) is 2. The zero-order chi connectivity index (χ0) is 23.0. The van der Waals surface area contributed by atoms with Crippen molar-refractivity contribution in [3.05, 3.63) is 53.6 Å². The minimum Gasteiger partial charge on any atom is -0.444 e. The summed E-state index contributed by atoms with van der Waals surface area (Å²) in [7, 11) is 0. The summed E-state index contributed by atoms with van der Waals surface area (Å²) in [4.78, 5) is 41.5. The van der Waals surface area contributed by atoms with Crippen LogP contribution in [0.4, 0.5) is 10.5 Å². The predicted molar refractivity (Wildman–Crippen MR) is 122 cm³/mol. The van der Waals surface area contributed by atoms with Gasteiger partial charge in [-0.15, -0.1) is 0 Å². The van der Waals surface area contributed by atoms with Crippen LogP contribution in [0.5, 0.6) is 0 Å². The first-order chi connectivity index (χ1) is 15.2. The maximum Gasteiger partial charge on any atom is 0.410 e. The van der Waals surface area contributed by atoms with E-state index in [4.69, 9.17) is 10.5 Å². The van der Waals surface area contributed by atoms with Gasteiger partial charge in [-0.05, 0) is 68.9 Å². The van der Waals surface area contributed by atoms with Crippen molar-refractivity contribution in [1.29, 1.82) is 0 Å². The molecule has 2 aromatic rings. The lowest BCUT2D eigenvalue weighted by molar-refractivity contribution is -0.122. The molecule has 168 valence electrons. The fourth-order valence-electron chi connectivity index (χ4n) is 4.49. The molecule has 0 aromatic heterocycles. The molecule has 2 aromatic carbocycles. The Kier molecular flexibility index (Phi) is 5.67.